The fourth-order valence-electron chi connectivity index (χ4n) is 3.85. The Morgan fingerprint density at radius 1 is 1.29 bits per heavy atom. The third-order valence-electron chi connectivity index (χ3n) is 4.91. The summed E-state index contributed by atoms with van der Waals surface area (Å²) in [7, 11) is 0. The Balaban J connectivity index is 1.90. The second-order valence-electron chi connectivity index (χ2n) is 6.65. The van der Waals surface area contributed by atoms with E-state index < -0.39 is 0 Å². The van der Waals surface area contributed by atoms with Gasteiger partial charge < -0.3 is 5.32 Å². The number of hydrogen-bond acceptors (Lipinski definition) is 2. The van der Waals surface area contributed by atoms with Gasteiger partial charge in [0.25, 0.3) is 0 Å². The zero-order chi connectivity index (χ0) is 14.7. The Morgan fingerprint density at radius 3 is 2.95 bits per heavy atom. The van der Waals surface area contributed by atoms with Crippen LogP contribution in [0.4, 0.5) is 0 Å². The minimum Gasteiger partial charge on any atom is -0.310 e. The summed E-state index contributed by atoms with van der Waals surface area (Å²) in [6.07, 6.45) is 6.79. The van der Waals surface area contributed by atoms with E-state index in [4.69, 9.17) is 0 Å². The molecule has 3 rings (SSSR count). The van der Waals surface area contributed by atoms with Crippen molar-refractivity contribution in [3.05, 3.63) is 35.2 Å². The molecular weight excluding hydrogens is 274 g/mol. The molecule has 0 amide bonds. The molecule has 1 aromatic carbocycles. The van der Waals surface area contributed by atoms with Crippen LogP contribution in [0.1, 0.15) is 57.6 Å². The van der Waals surface area contributed by atoms with Gasteiger partial charge in [-0.05, 0) is 60.0 Å². The van der Waals surface area contributed by atoms with Crippen molar-refractivity contribution in [2.45, 2.75) is 52.0 Å². The number of hydrogen-bond donors (Lipinski definition) is 1. The van der Waals surface area contributed by atoms with E-state index in [9.17, 15) is 0 Å². The summed E-state index contributed by atoms with van der Waals surface area (Å²) >= 11 is 1.90. The van der Waals surface area contributed by atoms with Crippen LogP contribution in [0.15, 0.2) is 29.6 Å². The monoisotopic (exact) mass is 301 g/mol. The van der Waals surface area contributed by atoms with Crippen molar-refractivity contribution in [2.24, 2.45) is 11.8 Å². The zero-order valence-electron chi connectivity index (χ0n) is 13.3. The van der Waals surface area contributed by atoms with Crippen molar-refractivity contribution in [1.29, 1.82) is 0 Å². The van der Waals surface area contributed by atoms with E-state index in [0.717, 1.165) is 18.4 Å². The smallest absolute Gasteiger partial charge is 0.0363 e. The number of fused-ring (bicyclic) bond motifs is 1. The third kappa shape index (κ3) is 3.32. The molecule has 1 fully saturated rings. The van der Waals surface area contributed by atoms with Crippen LogP contribution in [0.3, 0.4) is 0 Å². The first-order chi connectivity index (χ1) is 10.3. The molecule has 1 aromatic heterocycles. The summed E-state index contributed by atoms with van der Waals surface area (Å²) in [5, 5.41) is 7.73. The Morgan fingerprint density at radius 2 is 2.14 bits per heavy atom. The van der Waals surface area contributed by atoms with Gasteiger partial charge in [-0.25, -0.2) is 0 Å². The second-order valence-corrected chi connectivity index (χ2v) is 7.56. The highest BCUT2D eigenvalue weighted by Crippen LogP contribution is 2.40. The molecule has 2 aromatic rings. The third-order valence-corrected chi connectivity index (χ3v) is 5.89. The Labute approximate surface area is 132 Å². The molecule has 1 saturated carbocycles. The summed E-state index contributed by atoms with van der Waals surface area (Å²) in [5.74, 6) is 1.69. The first-order valence-electron chi connectivity index (χ1n) is 8.49. The van der Waals surface area contributed by atoms with Crippen LogP contribution in [0, 0.1) is 11.8 Å². The second kappa shape index (κ2) is 6.93. The first-order valence-corrected chi connectivity index (χ1v) is 9.37. The van der Waals surface area contributed by atoms with Crippen molar-refractivity contribution in [3.8, 4) is 0 Å². The van der Waals surface area contributed by atoms with Crippen LogP contribution in [0.2, 0.25) is 0 Å². The fraction of sp³-hybridized carbons (Fsp3) is 0.579. The maximum absolute atomic E-state index is 3.86. The van der Waals surface area contributed by atoms with E-state index in [0.29, 0.717) is 6.04 Å². The van der Waals surface area contributed by atoms with Gasteiger partial charge >= 0.3 is 0 Å². The minimum atomic E-state index is 0.545. The lowest BCUT2D eigenvalue weighted by atomic mass is 9.76. The van der Waals surface area contributed by atoms with Crippen molar-refractivity contribution < 1.29 is 0 Å². The number of rotatable bonds is 5. The van der Waals surface area contributed by atoms with Crippen molar-refractivity contribution >= 4 is 21.4 Å². The number of nitrogens with one attached hydrogen (secondary N) is 1. The predicted molar refractivity (Wildman–Crippen MR) is 94.0 cm³/mol. The lowest BCUT2D eigenvalue weighted by Crippen LogP contribution is -2.31. The largest absolute Gasteiger partial charge is 0.310 e. The zero-order valence-corrected chi connectivity index (χ0v) is 14.1. The first kappa shape index (κ1) is 15.1. The van der Waals surface area contributed by atoms with Gasteiger partial charge in [-0.2, -0.15) is 0 Å². The molecule has 0 spiro atoms. The topological polar surface area (TPSA) is 12.0 Å². The SMILES string of the molecule is CCCNC(c1csc2ccccc12)C1CCCC(C)C1. The van der Waals surface area contributed by atoms with E-state index in [-0.39, 0.29) is 0 Å². The predicted octanol–water partition coefficient (Wildman–Crippen LogP) is 5.77. The minimum absolute atomic E-state index is 0.545. The maximum Gasteiger partial charge on any atom is 0.0363 e. The van der Waals surface area contributed by atoms with Gasteiger partial charge in [0, 0.05) is 10.7 Å². The highest BCUT2D eigenvalue weighted by molar-refractivity contribution is 7.17. The molecule has 3 atom stereocenters. The average molecular weight is 301 g/mol. The van der Waals surface area contributed by atoms with Gasteiger partial charge in [-0.15, -0.1) is 11.3 Å². The number of benzene rings is 1. The van der Waals surface area contributed by atoms with Gasteiger partial charge in [0.15, 0.2) is 0 Å². The standard InChI is InChI=1S/C19H27NS/c1-3-11-20-19(15-8-6-7-14(2)12-15)17-13-21-18-10-5-4-9-16(17)18/h4-5,9-10,13-15,19-20H,3,6-8,11-12H2,1-2H3. The summed E-state index contributed by atoms with van der Waals surface area (Å²) < 4.78 is 1.43. The summed E-state index contributed by atoms with van der Waals surface area (Å²) in [4.78, 5) is 0. The van der Waals surface area contributed by atoms with Gasteiger partial charge in [0.05, 0.1) is 0 Å². The van der Waals surface area contributed by atoms with Crippen molar-refractivity contribution in [3.63, 3.8) is 0 Å². The lowest BCUT2D eigenvalue weighted by Gasteiger charge is -2.34. The van der Waals surface area contributed by atoms with Crippen molar-refractivity contribution in [1.82, 2.24) is 5.32 Å². The van der Waals surface area contributed by atoms with E-state index in [1.54, 1.807) is 5.56 Å². The van der Waals surface area contributed by atoms with Crippen LogP contribution in [0.5, 0.6) is 0 Å². The van der Waals surface area contributed by atoms with E-state index in [1.807, 2.05) is 11.3 Å². The van der Waals surface area contributed by atoms with Gasteiger partial charge in [-0.1, -0.05) is 44.9 Å². The van der Waals surface area contributed by atoms with Crippen LogP contribution in [-0.2, 0) is 0 Å². The molecule has 114 valence electrons. The maximum atomic E-state index is 3.86. The van der Waals surface area contributed by atoms with Crippen LogP contribution >= 0.6 is 11.3 Å². The van der Waals surface area contributed by atoms with Crippen LogP contribution in [0.25, 0.3) is 10.1 Å². The Bertz CT molecular complexity index is 574. The molecule has 0 bridgehead atoms. The molecule has 3 unspecified atom stereocenters. The summed E-state index contributed by atoms with van der Waals surface area (Å²) in [6.45, 7) is 5.81. The molecule has 21 heavy (non-hydrogen) atoms. The average Bonchev–Trinajstić information content (AvgIpc) is 2.92. The lowest BCUT2D eigenvalue weighted by molar-refractivity contribution is 0.225. The highest BCUT2D eigenvalue weighted by Gasteiger charge is 2.28. The van der Waals surface area contributed by atoms with Crippen LogP contribution in [-0.4, -0.2) is 6.54 Å². The van der Waals surface area contributed by atoms with Gasteiger partial charge in [0.2, 0.25) is 0 Å². The molecule has 0 radical (unpaired) electrons. The Kier molecular flexibility index (Phi) is 4.97. The molecule has 1 aliphatic carbocycles. The van der Waals surface area contributed by atoms with Crippen LogP contribution < -0.4 is 5.32 Å². The molecule has 0 saturated heterocycles. The van der Waals surface area contributed by atoms with E-state index in [1.165, 1.54) is 42.2 Å². The van der Waals surface area contributed by atoms with Crippen molar-refractivity contribution in [2.75, 3.05) is 6.54 Å². The summed E-state index contributed by atoms with van der Waals surface area (Å²) in [6, 6.07) is 9.43. The quantitative estimate of drug-likeness (QED) is 0.739. The number of thiophene rings is 1. The normalized spacial score (nSPS) is 24.3. The molecular formula is C19H27NS. The molecule has 1 N–H and O–H groups in total. The highest BCUT2D eigenvalue weighted by atomic mass is 32.1. The van der Waals surface area contributed by atoms with Gasteiger partial charge in [0.1, 0.15) is 0 Å². The molecule has 0 aliphatic heterocycles. The molecule has 1 aliphatic rings. The molecule has 1 nitrogen and oxygen atoms in total. The fourth-order valence-corrected chi connectivity index (χ4v) is 4.85. The summed E-state index contributed by atoms with van der Waals surface area (Å²) in [5.41, 5.74) is 1.54. The molecule has 2 heteroatoms. The Hall–Kier alpha value is -0.860. The van der Waals surface area contributed by atoms with Gasteiger partial charge in [-0.3, -0.25) is 0 Å². The van der Waals surface area contributed by atoms with E-state index >= 15 is 0 Å². The molecule has 1 heterocycles. The van der Waals surface area contributed by atoms with E-state index in [2.05, 4.69) is 48.8 Å².